The van der Waals surface area contributed by atoms with Gasteiger partial charge in [0.1, 0.15) is 11.8 Å². The molecule has 0 atom stereocenters. The molecular formula is C17H14N2O2. The second-order valence-electron chi connectivity index (χ2n) is 4.22. The Labute approximate surface area is 123 Å². The van der Waals surface area contributed by atoms with E-state index < -0.39 is 0 Å². The first kappa shape index (κ1) is 14.4. The van der Waals surface area contributed by atoms with Gasteiger partial charge in [0.25, 0.3) is 0 Å². The zero-order chi connectivity index (χ0) is 15.1. The number of amides is 1. The number of anilines is 1. The van der Waals surface area contributed by atoms with Crippen LogP contribution >= 0.6 is 0 Å². The van der Waals surface area contributed by atoms with Crippen molar-refractivity contribution in [2.75, 3.05) is 12.4 Å². The molecule has 21 heavy (non-hydrogen) atoms. The van der Waals surface area contributed by atoms with Crippen LogP contribution < -0.4 is 10.1 Å². The maximum atomic E-state index is 11.9. The molecule has 0 spiro atoms. The third kappa shape index (κ3) is 3.71. The van der Waals surface area contributed by atoms with Crippen molar-refractivity contribution < 1.29 is 9.53 Å². The molecule has 4 heteroatoms. The van der Waals surface area contributed by atoms with Gasteiger partial charge in [-0.15, -0.1) is 0 Å². The molecule has 2 aromatic carbocycles. The number of carbonyl (C=O) groups is 1. The smallest absolute Gasteiger partial charge is 0.248 e. The van der Waals surface area contributed by atoms with Gasteiger partial charge in [-0.2, -0.15) is 5.26 Å². The maximum Gasteiger partial charge on any atom is 0.248 e. The SMILES string of the molecule is COc1ccccc1C=CC(=O)Nc1ccccc1C#N. The van der Waals surface area contributed by atoms with Gasteiger partial charge in [-0.1, -0.05) is 30.3 Å². The fourth-order valence-electron chi connectivity index (χ4n) is 1.83. The summed E-state index contributed by atoms with van der Waals surface area (Å²) >= 11 is 0. The zero-order valence-corrected chi connectivity index (χ0v) is 11.5. The molecule has 2 aromatic rings. The lowest BCUT2D eigenvalue weighted by molar-refractivity contribution is -0.111. The molecule has 104 valence electrons. The summed E-state index contributed by atoms with van der Waals surface area (Å²) in [5, 5.41) is 11.7. The highest BCUT2D eigenvalue weighted by atomic mass is 16.5. The molecule has 4 nitrogen and oxygen atoms in total. The quantitative estimate of drug-likeness (QED) is 0.873. The van der Waals surface area contributed by atoms with Gasteiger partial charge in [0, 0.05) is 11.6 Å². The minimum atomic E-state index is -0.302. The highest BCUT2D eigenvalue weighted by molar-refractivity contribution is 6.02. The number of rotatable bonds is 4. The van der Waals surface area contributed by atoms with Gasteiger partial charge in [0.05, 0.1) is 18.4 Å². The molecule has 0 saturated heterocycles. The molecule has 2 rings (SSSR count). The van der Waals surface area contributed by atoms with Gasteiger partial charge in [0.2, 0.25) is 5.91 Å². The fraction of sp³-hybridized carbons (Fsp3) is 0.0588. The van der Waals surface area contributed by atoms with Crippen molar-refractivity contribution in [2.24, 2.45) is 0 Å². The third-order valence-corrected chi connectivity index (χ3v) is 2.86. The Hall–Kier alpha value is -3.06. The molecule has 0 radical (unpaired) electrons. The predicted octanol–water partition coefficient (Wildman–Crippen LogP) is 3.22. The Kier molecular flexibility index (Phi) is 4.73. The summed E-state index contributed by atoms with van der Waals surface area (Å²) in [5.74, 6) is 0.391. The van der Waals surface area contributed by atoms with E-state index in [4.69, 9.17) is 10.00 Å². The van der Waals surface area contributed by atoms with E-state index in [1.165, 1.54) is 6.08 Å². The normalized spacial score (nSPS) is 10.1. The standard InChI is InChI=1S/C17H14N2O2/c1-21-16-9-5-3-6-13(16)10-11-17(20)19-15-8-4-2-7-14(15)12-18/h2-11H,1H3,(H,19,20). The van der Waals surface area contributed by atoms with Crippen molar-refractivity contribution >= 4 is 17.7 Å². The van der Waals surface area contributed by atoms with Crippen LogP contribution in [0.1, 0.15) is 11.1 Å². The first-order valence-corrected chi connectivity index (χ1v) is 6.36. The van der Waals surface area contributed by atoms with Crippen LogP contribution in [0, 0.1) is 11.3 Å². The van der Waals surface area contributed by atoms with Crippen molar-refractivity contribution in [1.29, 1.82) is 5.26 Å². The van der Waals surface area contributed by atoms with Crippen molar-refractivity contribution in [3.63, 3.8) is 0 Å². The predicted molar refractivity (Wildman–Crippen MR) is 81.8 cm³/mol. The lowest BCUT2D eigenvalue weighted by atomic mass is 10.1. The van der Waals surface area contributed by atoms with Crippen LogP contribution in [0.3, 0.4) is 0 Å². The van der Waals surface area contributed by atoms with Crippen LogP contribution in [0.2, 0.25) is 0 Å². The van der Waals surface area contributed by atoms with Crippen molar-refractivity contribution in [2.45, 2.75) is 0 Å². The van der Waals surface area contributed by atoms with Crippen LogP contribution in [-0.2, 0) is 4.79 Å². The van der Waals surface area contributed by atoms with Crippen molar-refractivity contribution in [1.82, 2.24) is 0 Å². The number of ether oxygens (including phenoxy) is 1. The summed E-state index contributed by atoms with van der Waals surface area (Å²) in [6.07, 6.45) is 3.08. The lowest BCUT2D eigenvalue weighted by Gasteiger charge is -2.05. The highest BCUT2D eigenvalue weighted by Gasteiger charge is 2.04. The van der Waals surface area contributed by atoms with Crippen molar-refractivity contribution in [3.05, 3.63) is 65.7 Å². The molecule has 0 saturated carbocycles. The Morgan fingerprint density at radius 2 is 1.90 bits per heavy atom. The molecule has 0 aliphatic rings. The first-order valence-electron chi connectivity index (χ1n) is 6.36. The molecule has 0 bridgehead atoms. The van der Waals surface area contributed by atoms with Gasteiger partial charge >= 0.3 is 0 Å². The summed E-state index contributed by atoms with van der Waals surface area (Å²) < 4.78 is 5.21. The summed E-state index contributed by atoms with van der Waals surface area (Å²) in [6, 6.07) is 16.3. The molecule has 0 unspecified atom stereocenters. The first-order chi connectivity index (χ1) is 10.2. The molecule has 1 amide bonds. The van der Waals surface area contributed by atoms with E-state index in [1.807, 2.05) is 30.3 Å². The molecular weight excluding hydrogens is 264 g/mol. The van der Waals surface area contributed by atoms with E-state index in [0.29, 0.717) is 17.0 Å². The average Bonchev–Trinajstić information content (AvgIpc) is 2.53. The zero-order valence-electron chi connectivity index (χ0n) is 11.5. The Morgan fingerprint density at radius 1 is 1.19 bits per heavy atom. The summed E-state index contributed by atoms with van der Waals surface area (Å²) in [4.78, 5) is 11.9. The Morgan fingerprint density at radius 3 is 2.67 bits per heavy atom. The molecule has 0 fully saturated rings. The fourth-order valence-corrected chi connectivity index (χ4v) is 1.83. The van der Waals surface area contributed by atoms with Crippen LogP contribution in [0.5, 0.6) is 5.75 Å². The number of hydrogen-bond donors (Lipinski definition) is 1. The Balaban J connectivity index is 2.12. The van der Waals surface area contributed by atoms with Gasteiger partial charge in [-0.05, 0) is 24.3 Å². The molecule has 0 aliphatic heterocycles. The number of carbonyl (C=O) groups excluding carboxylic acids is 1. The average molecular weight is 278 g/mol. The van der Waals surface area contributed by atoms with E-state index in [1.54, 1.807) is 37.5 Å². The van der Waals surface area contributed by atoms with Crippen LogP contribution in [0.25, 0.3) is 6.08 Å². The third-order valence-electron chi connectivity index (χ3n) is 2.86. The number of para-hydroxylation sites is 2. The van der Waals surface area contributed by atoms with Gasteiger partial charge in [-0.25, -0.2) is 0 Å². The minimum absolute atomic E-state index is 0.302. The number of nitrogens with zero attached hydrogens (tertiary/aromatic N) is 1. The second kappa shape index (κ2) is 6.92. The van der Waals surface area contributed by atoms with E-state index in [2.05, 4.69) is 5.32 Å². The van der Waals surface area contributed by atoms with E-state index in [0.717, 1.165) is 5.56 Å². The molecule has 1 N–H and O–H groups in total. The topological polar surface area (TPSA) is 62.1 Å². The molecule has 0 aromatic heterocycles. The largest absolute Gasteiger partial charge is 0.496 e. The van der Waals surface area contributed by atoms with E-state index >= 15 is 0 Å². The highest BCUT2D eigenvalue weighted by Crippen LogP contribution is 2.19. The lowest BCUT2D eigenvalue weighted by Crippen LogP contribution is -2.08. The number of nitrogens with one attached hydrogen (secondary N) is 1. The second-order valence-corrected chi connectivity index (χ2v) is 4.22. The minimum Gasteiger partial charge on any atom is -0.496 e. The van der Waals surface area contributed by atoms with Crippen LogP contribution in [-0.4, -0.2) is 13.0 Å². The van der Waals surface area contributed by atoms with Crippen LogP contribution in [0.4, 0.5) is 5.69 Å². The maximum absolute atomic E-state index is 11.9. The summed E-state index contributed by atoms with van der Waals surface area (Å²) in [5.41, 5.74) is 1.73. The number of nitriles is 1. The van der Waals surface area contributed by atoms with E-state index in [-0.39, 0.29) is 5.91 Å². The van der Waals surface area contributed by atoms with Gasteiger partial charge < -0.3 is 10.1 Å². The van der Waals surface area contributed by atoms with E-state index in [9.17, 15) is 4.79 Å². The number of methoxy groups -OCH3 is 1. The monoisotopic (exact) mass is 278 g/mol. The number of hydrogen-bond acceptors (Lipinski definition) is 3. The van der Waals surface area contributed by atoms with Crippen LogP contribution in [0.15, 0.2) is 54.6 Å². The molecule has 0 aliphatic carbocycles. The van der Waals surface area contributed by atoms with Gasteiger partial charge in [-0.3, -0.25) is 4.79 Å². The summed E-state index contributed by atoms with van der Waals surface area (Å²) in [6.45, 7) is 0. The van der Waals surface area contributed by atoms with Crippen molar-refractivity contribution in [3.8, 4) is 11.8 Å². The Bertz CT molecular complexity index is 715. The van der Waals surface area contributed by atoms with Gasteiger partial charge in [0.15, 0.2) is 0 Å². The number of benzene rings is 2. The summed E-state index contributed by atoms with van der Waals surface area (Å²) in [7, 11) is 1.58. The molecule has 0 heterocycles.